The van der Waals surface area contributed by atoms with Gasteiger partial charge in [0.25, 0.3) is 5.91 Å². The number of nitrogen functional groups attached to an aromatic ring is 1. The molecule has 0 radical (unpaired) electrons. The third-order valence-electron chi connectivity index (χ3n) is 1.70. The van der Waals surface area contributed by atoms with E-state index in [0.717, 1.165) is 0 Å². The normalized spacial score (nSPS) is 9.73. The van der Waals surface area contributed by atoms with Crippen molar-refractivity contribution in [3.05, 3.63) is 39.8 Å². The molecule has 0 aromatic heterocycles. The Morgan fingerprint density at radius 2 is 2.27 bits per heavy atom. The highest BCUT2D eigenvalue weighted by atomic mass is 79.9. The maximum absolute atomic E-state index is 11.5. The van der Waals surface area contributed by atoms with E-state index in [1.807, 2.05) is 0 Å². The van der Waals surface area contributed by atoms with Gasteiger partial charge in [-0.1, -0.05) is 34.1 Å². The Balaban J connectivity index is 2.74. The first kappa shape index (κ1) is 12.1. The van der Waals surface area contributed by atoms with Crippen LogP contribution in [0.2, 0.25) is 5.02 Å². The van der Waals surface area contributed by atoms with E-state index in [0.29, 0.717) is 27.3 Å². The lowest BCUT2D eigenvalue weighted by Crippen LogP contribution is -2.24. The molecule has 0 spiro atoms. The molecular weight excluding hydrogens is 279 g/mol. The fourth-order valence-electron chi connectivity index (χ4n) is 0.963. The number of hydrogen-bond acceptors (Lipinski definition) is 2. The molecular formula is C10H10BrClN2O. The standard InChI is InChI=1S/C10H10BrClN2O/c1-6(11)5-14-10(15)7-2-3-8(12)9(13)4-7/h2-4H,1,5,13H2,(H,14,15). The zero-order valence-electron chi connectivity index (χ0n) is 7.89. The molecule has 1 aromatic carbocycles. The molecule has 0 fully saturated rings. The van der Waals surface area contributed by atoms with Crippen LogP contribution in [0.5, 0.6) is 0 Å². The number of carbonyl (C=O) groups excluding carboxylic acids is 1. The molecule has 1 aromatic rings. The van der Waals surface area contributed by atoms with Gasteiger partial charge in [-0.05, 0) is 18.2 Å². The van der Waals surface area contributed by atoms with Crippen LogP contribution >= 0.6 is 27.5 Å². The molecule has 0 heterocycles. The Kier molecular flexibility index (Phi) is 4.17. The van der Waals surface area contributed by atoms with E-state index < -0.39 is 0 Å². The lowest BCUT2D eigenvalue weighted by Gasteiger charge is -2.05. The first-order valence-electron chi connectivity index (χ1n) is 4.17. The molecule has 0 aliphatic carbocycles. The Bertz CT molecular complexity index is 406. The second-order valence-corrected chi connectivity index (χ2v) is 4.46. The predicted molar refractivity (Wildman–Crippen MR) is 66.3 cm³/mol. The number of amides is 1. The van der Waals surface area contributed by atoms with Gasteiger partial charge in [-0.2, -0.15) is 0 Å². The van der Waals surface area contributed by atoms with E-state index in [9.17, 15) is 4.79 Å². The summed E-state index contributed by atoms with van der Waals surface area (Å²) in [5, 5.41) is 3.10. The van der Waals surface area contributed by atoms with Crippen molar-refractivity contribution in [3.8, 4) is 0 Å². The first-order chi connectivity index (χ1) is 7.00. The Hall–Kier alpha value is -1.00. The molecule has 0 aliphatic rings. The van der Waals surface area contributed by atoms with Gasteiger partial charge >= 0.3 is 0 Å². The van der Waals surface area contributed by atoms with Crippen LogP contribution in [0.4, 0.5) is 5.69 Å². The molecule has 80 valence electrons. The predicted octanol–water partition coefficient (Wildman–Crippen LogP) is 2.56. The molecule has 3 N–H and O–H groups in total. The van der Waals surface area contributed by atoms with Crippen LogP contribution in [-0.4, -0.2) is 12.5 Å². The van der Waals surface area contributed by atoms with E-state index in [1.54, 1.807) is 12.1 Å². The fourth-order valence-corrected chi connectivity index (χ4v) is 1.22. The van der Waals surface area contributed by atoms with E-state index >= 15 is 0 Å². The Labute approximate surface area is 101 Å². The summed E-state index contributed by atoms with van der Waals surface area (Å²) in [6.07, 6.45) is 0. The molecule has 0 aliphatic heterocycles. The van der Waals surface area contributed by atoms with Crippen molar-refractivity contribution in [2.75, 3.05) is 12.3 Å². The summed E-state index contributed by atoms with van der Waals surface area (Å²) >= 11 is 8.88. The monoisotopic (exact) mass is 288 g/mol. The Morgan fingerprint density at radius 3 is 2.80 bits per heavy atom. The molecule has 0 unspecified atom stereocenters. The number of nitrogens with two attached hydrogens (primary N) is 1. The maximum atomic E-state index is 11.5. The van der Waals surface area contributed by atoms with E-state index in [1.165, 1.54) is 6.07 Å². The van der Waals surface area contributed by atoms with Gasteiger partial charge in [-0.15, -0.1) is 0 Å². The van der Waals surface area contributed by atoms with Crippen molar-refractivity contribution >= 4 is 39.1 Å². The van der Waals surface area contributed by atoms with Crippen LogP contribution in [0.15, 0.2) is 29.3 Å². The minimum absolute atomic E-state index is 0.209. The molecule has 3 nitrogen and oxygen atoms in total. The summed E-state index contributed by atoms with van der Waals surface area (Å²) in [6.45, 7) is 3.98. The minimum atomic E-state index is -0.209. The van der Waals surface area contributed by atoms with Gasteiger partial charge in [0.2, 0.25) is 0 Å². The van der Waals surface area contributed by atoms with Crippen LogP contribution in [0.1, 0.15) is 10.4 Å². The second kappa shape index (κ2) is 5.19. The summed E-state index contributed by atoms with van der Waals surface area (Å²) in [5.41, 5.74) is 6.44. The number of anilines is 1. The number of carbonyl (C=O) groups is 1. The summed E-state index contributed by atoms with van der Waals surface area (Å²) in [4.78, 5) is 11.5. The zero-order chi connectivity index (χ0) is 11.4. The van der Waals surface area contributed by atoms with Gasteiger partial charge in [0.1, 0.15) is 0 Å². The second-order valence-electron chi connectivity index (χ2n) is 2.94. The average Bonchev–Trinajstić information content (AvgIpc) is 2.18. The molecule has 1 rings (SSSR count). The lowest BCUT2D eigenvalue weighted by atomic mass is 10.2. The van der Waals surface area contributed by atoms with E-state index in [-0.39, 0.29) is 5.91 Å². The van der Waals surface area contributed by atoms with Gasteiger partial charge in [-0.25, -0.2) is 0 Å². The smallest absolute Gasteiger partial charge is 0.251 e. The molecule has 15 heavy (non-hydrogen) atoms. The third-order valence-corrected chi connectivity index (χ3v) is 2.32. The highest BCUT2D eigenvalue weighted by Gasteiger charge is 2.06. The van der Waals surface area contributed by atoms with Gasteiger partial charge in [0.15, 0.2) is 0 Å². The zero-order valence-corrected chi connectivity index (χ0v) is 10.2. The SMILES string of the molecule is C=C(Br)CNC(=O)c1ccc(Cl)c(N)c1. The van der Waals surface area contributed by atoms with Crippen LogP contribution in [-0.2, 0) is 0 Å². The van der Waals surface area contributed by atoms with E-state index in [2.05, 4.69) is 27.8 Å². The number of rotatable bonds is 3. The van der Waals surface area contributed by atoms with Crippen LogP contribution < -0.4 is 11.1 Å². The van der Waals surface area contributed by atoms with Crippen LogP contribution in [0.3, 0.4) is 0 Å². The largest absolute Gasteiger partial charge is 0.398 e. The van der Waals surface area contributed by atoms with Gasteiger partial charge in [-0.3, -0.25) is 4.79 Å². The van der Waals surface area contributed by atoms with E-state index in [4.69, 9.17) is 17.3 Å². The first-order valence-corrected chi connectivity index (χ1v) is 5.34. The highest BCUT2D eigenvalue weighted by Crippen LogP contribution is 2.19. The molecule has 0 saturated carbocycles. The van der Waals surface area contributed by atoms with Crippen LogP contribution in [0.25, 0.3) is 0 Å². The molecule has 1 amide bonds. The number of nitrogens with one attached hydrogen (secondary N) is 1. The minimum Gasteiger partial charge on any atom is -0.398 e. The summed E-state index contributed by atoms with van der Waals surface area (Å²) in [5.74, 6) is -0.209. The summed E-state index contributed by atoms with van der Waals surface area (Å²) < 4.78 is 0.706. The molecule has 5 heteroatoms. The van der Waals surface area contributed by atoms with Crippen molar-refractivity contribution in [2.45, 2.75) is 0 Å². The number of hydrogen-bond donors (Lipinski definition) is 2. The van der Waals surface area contributed by atoms with Gasteiger partial charge in [0, 0.05) is 16.6 Å². The lowest BCUT2D eigenvalue weighted by molar-refractivity contribution is 0.0958. The molecule has 0 saturated heterocycles. The molecule has 0 bridgehead atoms. The summed E-state index contributed by atoms with van der Waals surface area (Å²) in [6, 6.07) is 4.74. The van der Waals surface area contributed by atoms with Crippen molar-refractivity contribution in [3.63, 3.8) is 0 Å². The third kappa shape index (κ3) is 3.57. The highest BCUT2D eigenvalue weighted by molar-refractivity contribution is 9.11. The topological polar surface area (TPSA) is 55.1 Å². The van der Waals surface area contributed by atoms with Crippen molar-refractivity contribution in [2.24, 2.45) is 0 Å². The maximum Gasteiger partial charge on any atom is 0.251 e. The van der Waals surface area contributed by atoms with Crippen molar-refractivity contribution in [1.29, 1.82) is 0 Å². The quantitative estimate of drug-likeness (QED) is 0.840. The number of benzene rings is 1. The van der Waals surface area contributed by atoms with Crippen LogP contribution in [0, 0.1) is 0 Å². The average molecular weight is 290 g/mol. The van der Waals surface area contributed by atoms with Crippen molar-refractivity contribution < 1.29 is 4.79 Å². The van der Waals surface area contributed by atoms with Gasteiger partial charge in [0.05, 0.1) is 10.7 Å². The molecule has 0 atom stereocenters. The summed E-state index contributed by atoms with van der Waals surface area (Å²) in [7, 11) is 0. The van der Waals surface area contributed by atoms with Gasteiger partial charge < -0.3 is 11.1 Å². The fraction of sp³-hybridized carbons (Fsp3) is 0.100. The van der Waals surface area contributed by atoms with Crippen molar-refractivity contribution in [1.82, 2.24) is 5.32 Å². The number of halogens is 2. The Morgan fingerprint density at radius 1 is 1.60 bits per heavy atom.